The van der Waals surface area contributed by atoms with Gasteiger partial charge in [0.15, 0.2) is 16.8 Å². The van der Waals surface area contributed by atoms with Crippen LogP contribution in [0.2, 0.25) is 0 Å². The first kappa shape index (κ1) is 21.6. The van der Waals surface area contributed by atoms with Crippen molar-refractivity contribution in [1.29, 1.82) is 0 Å². The Hall–Kier alpha value is -3.58. The summed E-state index contributed by atoms with van der Waals surface area (Å²) in [4.78, 5) is 12.7. The van der Waals surface area contributed by atoms with Crippen molar-refractivity contribution in [3.05, 3.63) is 95.8 Å². The van der Waals surface area contributed by atoms with Crippen LogP contribution in [0.5, 0.6) is 11.5 Å². The molecule has 32 heavy (non-hydrogen) atoms. The summed E-state index contributed by atoms with van der Waals surface area (Å²) in [6.07, 6.45) is 0. The number of hydrogen-bond acceptors (Lipinski definition) is 6. The van der Waals surface area contributed by atoms with Gasteiger partial charge in [0.05, 0.1) is 12.9 Å². The smallest absolute Gasteiger partial charge is 0.196 e. The molecule has 1 heterocycles. The van der Waals surface area contributed by atoms with E-state index in [-0.39, 0.29) is 18.1 Å². The number of ether oxygens (including phenoxy) is 2. The van der Waals surface area contributed by atoms with E-state index in [1.165, 1.54) is 11.8 Å². The lowest BCUT2D eigenvalue weighted by atomic mass is 10.1. The molecule has 4 aromatic rings. The molecule has 0 amide bonds. The zero-order valence-electron chi connectivity index (χ0n) is 17.9. The Bertz CT molecular complexity index is 1190. The predicted octanol–water partition coefficient (Wildman–Crippen LogP) is 5.14. The van der Waals surface area contributed by atoms with Crippen LogP contribution < -0.4 is 9.47 Å². The summed E-state index contributed by atoms with van der Waals surface area (Å²) in [5.74, 6) is 2.45. The molecule has 3 aromatic carbocycles. The van der Waals surface area contributed by atoms with Crippen molar-refractivity contribution in [2.24, 2.45) is 0 Å². The lowest BCUT2D eigenvalue weighted by molar-refractivity contribution is 0.102. The molecule has 0 saturated heterocycles. The van der Waals surface area contributed by atoms with E-state index in [0.29, 0.717) is 16.5 Å². The normalized spacial score (nSPS) is 10.7. The number of aryl methyl sites for hydroxylation is 1. The number of aromatic nitrogens is 3. The Morgan fingerprint density at radius 2 is 1.66 bits per heavy atom. The molecule has 4 rings (SSSR count). The maximum absolute atomic E-state index is 12.7. The average molecular weight is 446 g/mol. The first-order valence-corrected chi connectivity index (χ1v) is 11.1. The van der Waals surface area contributed by atoms with E-state index in [9.17, 15) is 4.79 Å². The van der Waals surface area contributed by atoms with Crippen molar-refractivity contribution in [3.8, 4) is 17.2 Å². The summed E-state index contributed by atoms with van der Waals surface area (Å²) in [5, 5.41) is 9.33. The minimum Gasteiger partial charge on any atom is -0.497 e. The second kappa shape index (κ2) is 10.2. The van der Waals surface area contributed by atoms with Crippen LogP contribution in [-0.4, -0.2) is 33.4 Å². The molecule has 0 aliphatic rings. The first-order chi connectivity index (χ1) is 15.7. The molecule has 7 heteroatoms. The Balaban J connectivity index is 1.53. The third-order valence-corrected chi connectivity index (χ3v) is 5.84. The van der Waals surface area contributed by atoms with Gasteiger partial charge in [0.2, 0.25) is 0 Å². The van der Waals surface area contributed by atoms with E-state index < -0.39 is 0 Å². The molecule has 0 spiro atoms. The quantitative estimate of drug-likeness (QED) is 0.263. The van der Waals surface area contributed by atoms with Gasteiger partial charge in [0.25, 0.3) is 0 Å². The number of ketones is 1. The van der Waals surface area contributed by atoms with Crippen LogP contribution in [0.25, 0.3) is 5.69 Å². The standard InChI is InChI=1S/C25H23N3O3S/c1-18-8-6-7-11-23(18)31-16-24-26-27-25(28(24)20-9-4-3-5-10-20)32-17-22(29)19-12-14-21(30-2)15-13-19/h3-15H,16-17H2,1-2H3. The van der Waals surface area contributed by atoms with Crippen molar-refractivity contribution in [2.45, 2.75) is 18.7 Å². The van der Waals surface area contributed by atoms with Gasteiger partial charge in [-0.1, -0.05) is 48.2 Å². The number of carbonyl (C=O) groups excluding carboxylic acids is 1. The summed E-state index contributed by atoms with van der Waals surface area (Å²) < 4.78 is 13.1. The molecule has 0 bridgehead atoms. The third kappa shape index (κ3) is 5.00. The van der Waals surface area contributed by atoms with E-state index in [2.05, 4.69) is 10.2 Å². The molecular formula is C25H23N3O3S. The highest BCUT2D eigenvalue weighted by atomic mass is 32.2. The lowest BCUT2D eigenvalue weighted by Gasteiger charge is -2.12. The number of Topliss-reactive ketones (excluding diaryl/α,β-unsaturated/α-hetero) is 1. The fourth-order valence-corrected chi connectivity index (χ4v) is 4.04. The number of thioether (sulfide) groups is 1. The van der Waals surface area contributed by atoms with Crippen molar-refractivity contribution in [1.82, 2.24) is 14.8 Å². The van der Waals surface area contributed by atoms with Gasteiger partial charge in [-0.05, 0) is 55.0 Å². The fraction of sp³-hybridized carbons (Fsp3) is 0.160. The number of hydrogen-bond donors (Lipinski definition) is 0. The van der Waals surface area contributed by atoms with E-state index in [1.54, 1.807) is 31.4 Å². The highest BCUT2D eigenvalue weighted by Crippen LogP contribution is 2.25. The van der Waals surface area contributed by atoms with Gasteiger partial charge in [0, 0.05) is 11.3 Å². The summed E-state index contributed by atoms with van der Waals surface area (Å²) in [6, 6.07) is 24.8. The zero-order chi connectivity index (χ0) is 22.3. The van der Waals surface area contributed by atoms with Gasteiger partial charge >= 0.3 is 0 Å². The average Bonchev–Trinajstić information content (AvgIpc) is 3.25. The molecule has 0 aliphatic carbocycles. The molecule has 0 unspecified atom stereocenters. The molecule has 0 N–H and O–H groups in total. The summed E-state index contributed by atoms with van der Waals surface area (Å²) in [6.45, 7) is 2.27. The highest BCUT2D eigenvalue weighted by molar-refractivity contribution is 7.99. The van der Waals surface area contributed by atoms with Gasteiger partial charge in [-0.2, -0.15) is 0 Å². The number of para-hydroxylation sites is 2. The van der Waals surface area contributed by atoms with Crippen LogP contribution in [0, 0.1) is 6.92 Å². The van der Waals surface area contributed by atoms with Crippen LogP contribution in [0.1, 0.15) is 21.7 Å². The maximum atomic E-state index is 12.7. The molecule has 6 nitrogen and oxygen atoms in total. The number of rotatable bonds is 9. The van der Waals surface area contributed by atoms with Gasteiger partial charge in [-0.3, -0.25) is 9.36 Å². The fourth-order valence-electron chi connectivity index (χ4n) is 3.17. The van der Waals surface area contributed by atoms with E-state index in [0.717, 1.165) is 22.7 Å². The Morgan fingerprint density at radius 3 is 2.38 bits per heavy atom. The van der Waals surface area contributed by atoms with Crippen molar-refractivity contribution >= 4 is 17.5 Å². The van der Waals surface area contributed by atoms with Gasteiger partial charge in [0.1, 0.15) is 18.1 Å². The Kier molecular flexibility index (Phi) is 6.87. The van der Waals surface area contributed by atoms with E-state index in [1.807, 2.05) is 66.1 Å². The molecule has 0 saturated carbocycles. The number of benzene rings is 3. The first-order valence-electron chi connectivity index (χ1n) is 10.1. The lowest BCUT2D eigenvalue weighted by Crippen LogP contribution is -2.08. The number of carbonyl (C=O) groups is 1. The van der Waals surface area contributed by atoms with Crippen molar-refractivity contribution in [2.75, 3.05) is 12.9 Å². The highest BCUT2D eigenvalue weighted by Gasteiger charge is 2.17. The molecular weight excluding hydrogens is 422 g/mol. The summed E-state index contributed by atoms with van der Waals surface area (Å²) in [7, 11) is 1.60. The molecule has 0 fully saturated rings. The Labute approximate surface area is 191 Å². The SMILES string of the molecule is COc1ccc(C(=O)CSc2nnc(COc3ccccc3C)n2-c2ccccc2)cc1. The largest absolute Gasteiger partial charge is 0.497 e. The van der Waals surface area contributed by atoms with Crippen molar-refractivity contribution in [3.63, 3.8) is 0 Å². The van der Waals surface area contributed by atoms with Crippen LogP contribution in [0.4, 0.5) is 0 Å². The minimum absolute atomic E-state index is 0.0120. The van der Waals surface area contributed by atoms with Crippen LogP contribution >= 0.6 is 11.8 Å². The van der Waals surface area contributed by atoms with Crippen LogP contribution in [0.3, 0.4) is 0 Å². The van der Waals surface area contributed by atoms with Crippen molar-refractivity contribution < 1.29 is 14.3 Å². The summed E-state index contributed by atoms with van der Waals surface area (Å²) >= 11 is 1.35. The van der Waals surface area contributed by atoms with Crippen LogP contribution in [0.15, 0.2) is 84.0 Å². The molecule has 162 valence electrons. The third-order valence-electron chi connectivity index (χ3n) is 4.91. The molecule has 0 atom stereocenters. The summed E-state index contributed by atoms with van der Waals surface area (Å²) in [5.41, 5.74) is 2.60. The zero-order valence-corrected chi connectivity index (χ0v) is 18.7. The molecule has 0 aliphatic heterocycles. The maximum Gasteiger partial charge on any atom is 0.196 e. The number of nitrogens with zero attached hydrogens (tertiary/aromatic N) is 3. The Morgan fingerprint density at radius 1 is 0.938 bits per heavy atom. The second-order valence-electron chi connectivity index (χ2n) is 7.06. The minimum atomic E-state index is 0.0120. The van der Waals surface area contributed by atoms with E-state index >= 15 is 0 Å². The topological polar surface area (TPSA) is 66.2 Å². The van der Waals surface area contributed by atoms with Gasteiger partial charge < -0.3 is 9.47 Å². The number of methoxy groups -OCH3 is 1. The molecule has 1 aromatic heterocycles. The van der Waals surface area contributed by atoms with Gasteiger partial charge in [-0.15, -0.1) is 10.2 Å². The van der Waals surface area contributed by atoms with Gasteiger partial charge in [-0.25, -0.2) is 0 Å². The monoisotopic (exact) mass is 445 g/mol. The second-order valence-corrected chi connectivity index (χ2v) is 8.01. The molecule has 0 radical (unpaired) electrons. The van der Waals surface area contributed by atoms with Crippen LogP contribution in [-0.2, 0) is 6.61 Å². The predicted molar refractivity (Wildman–Crippen MR) is 125 cm³/mol. The van der Waals surface area contributed by atoms with E-state index in [4.69, 9.17) is 9.47 Å².